The number of anilines is 1. The smallest absolute Gasteiger partial charge is 0.233 e. The van der Waals surface area contributed by atoms with Gasteiger partial charge in [-0.25, -0.2) is 8.42 Å². The fourth-order valence-electron chi connectivity index (χ4n) is 1.58. The lowest BCUT2D eigenvalue weighted by atomic mass is 10.2. The average molecular weight is 293 g/mol. The molecule has 0 unspecified atom stereocenters. The SMILES string of the molecule is COc1cncc(NCc2ccc(S(C)(=O)=O)cc2)n1. The van der Waals surface area contributed by atoms with Gasteiger partial charge in [0.25, 0.3) is 0 Å². The van der Waals surface area contributed by atoms with Gasteiger partial charge in [0.15, 0.2) is 9.84 Å². The molecule has 0 aliphatic rings. The van der Waals surface area contributed by atoms with E-state index in [1.165, 1.54) is 19.6 Å². The minimum atomic E-state index is -3.15. The van der Waals surface area contributed by atoms with Gasteiger partial charge in [-0.2, -0.15) is 4.98 Å². The zero-order chi connectivity index (χ0) is 14.6. The molecule has 20 heavy (non-hydrogen) atoms. The van der Waals surface area contributed by atoms with Gasteiger partial charge in [-0.1, -0.05) is 12.1 Å². The summed E-state index contributed by atoms with van der Waals surface area (Å²) in [6, 6.07) is 6.70. The third-order valence-corrected chi connectivity index (χ3v) is 3.78. The molecule has 0 radical (unpaired) electrons. The van der Waals surface area contributed by atoms with E-state index in [-0.39, 0.29) is 0 Å². The number of hydrogen-bond acceptors (Lipinski definition) is 6. The summed E-state index contributed by atoms with van der Waals surface area (Å²) in [6.07, 6.45) is 4.30. The Bertz CT molecular complexity index is 684. The number of rotatable bonds is 5. The number of hydrogen-bond donors (Lipinski definition) is 1. The molecule has 0 saturated carbocycles. The molecular weight excluding hydrogens is 278 g/mol. The van der Waals surface area contributed by atoms with Crippen LogP contribution in [0.4, 0.5) is 5.82 Å². The van der Waals surface area contributed by atoms with Crippen LogP contribution in [0, 0.1) is 0 Å². The van der Waals surface area contributed by atoms with Gasteiger partial charge in [0.05, 0.1) is 24.4 Å². The Hall–Kier alpha value is -2.15. The predicted molar refractivity (Wildman–Crippen MR) is 75.5 cm³/mol. The molecule has 0 amide bonds. The number of aromatic nitrogens is 2. The van der Waals surface area contributed by atoms with E-state index >= 15 is 0 Å². The highest BCUT2D eigenvalue weighted by Gasteiger charge is 2.06. The molecule has 0 spiro atoms. The summed E-state index contributed by atoms with van der Waals surface area (Å²) < 4.78 is 27.7. The molecule has 1 N–H and O–H groups in total. The van der Waals surface area contributed by atoms with E-state index in [0.717, 1.165) is 5.56 Å². The molecule has 1 heterocycles. The van der Waals surface area contributed by atoms with Gasteiger partial charge in [0.1, 0.15) is 5.82 Å². The second-order valence-electron chi connectivity index (χ2n) is 4.22. The van der Waals surface area contributed by atoms with Crippen LogP contribution in [0.3, 0.4) is 0 Å². The van der Waals surface area contributed by atoms with Crippen molar-refractivity contribution in [3.63, 3.8) is 0 Å². The van der Waals surface area contributed by atoms with Crippen LogP contribution in [0.15, 0.2) is 41.6 Å². The van der Waals surface area contributed by atoms with Gasteiger partial charge in [-0.05, 0) is 17.7 Å². The van der Waals surface area contributed by atoms with E-state index in [2.05, 4.69) is 15.3 Å². The van der Waals surface area contributed by atoms with Crippen molar-refractivity contribution >= 4 is 15.7 Å². The fraction of sp³-hybridized carbons (Fsp3) is 0.231. The number of sulfone groups is 1. The maximum absolute atomic E-state index is 11.3. The Morgan fingerprint density at radius 1 is 1.20 bits per heavy atom. The minimum absolute atomic E-state index is 0.308. The first-order valence-corrected chi connectivity index (χ1v) is 7.77. The van der Waals surface area contributed by atoms with Crippen molar-refractivity contribution in [1.29, 1.82) is 0 Å². The summed E-state index contributed by atoms with van der Waals surface area (Å²) in [6.45, 7) is 0.520. The standard InChI is InChI=1S/C13H15N3O3S/c1-19-13-9-14-8-12(16-13)15-7-10-3-5-11(6-4-10)20(2,17)18/h3-6,8-9H,7H2,1-2H3,(H,15,16). The number of nitrogens with one attached hydrogen (secondary N) is 1. The second-order valence-corrected chi connectivity index (χ2v) is 6.23. The van der Waals surface area contributed by atoms with Gasteiger partial charge in [-0.15, -0.1) is 0 Å². The van der Waals surface area contributed by atoms with Crippen LogP contribution in [0.25, 0.3) is 0 Å². The lowest BCUT2D eigenvalue weighted by Gasteiger charge is -2.07. The molecule has 0 aliphatic carbocycles. The number of benzene rings is 1. The highest BCUT2D eigenvalue weighted by Crippen LogP contribution is 2.13. The zero-order valence-corrected chi connectivity index (χ0v) is 12.0. The van der Waals surface area contributed by atoms with Crippen molar-refractivity contribution in [3.05, 3.63) is 42.2 Å². The number of ether oxygens (including phenoxy) is 1. The highest BCUT2D eigenvalue weighted by atomic mass is 32.2. The molecule has 6 nitrogen and oxygen atoms in total. The van der Waals surface area contributed by atoms with Crippen molar-refractivity contribution in [2.75, 3.05) is 18.7 Å². The second kappa shape index (κ2) is 5.87. The quantitative estimate of drug-likeness (QED) is 0.899. The fourth-order valence-corrected chi connectivity index (χ4v) is 2.21. The minimum Gasteiger partial charge on any atom is -0.480 e. The van der Waals surface area contributed by atoms with E-state index < -0.39 is 9.84 Å². The van der Waals surface area contributed by atoms with E-state index in [4.69, 9.17) is 4.74 Å². The van der Waals surface area contributed by atoms with Crippen molar-refractivity contribution in [1.82, 2.24) is 9.97 Å². The molecule has 1 aromatic carbocycles. The normalized spacial score (nSPS) is 11.1. The molecule has 2 aromatic rings. The Morgan fingerprint density at radius 3 is 2.50 bits per heavy atom. The van der Waals surface area contributed by atoms with E-state index in [1.54, 1.807) is 30.5 Å². The van der Waals surface area contributed by atoms with Crippen LogP contribution < -0.4 is 10.1 Å². The molecule has 106 valence electrons. The van der Waals surface area contributed by atoms with Crippen LogP contribution in [-0.2, 0) is 16.4 Å². The monoisotopic (exact) mass is 293 g/mol. The van der Waals surface area contributed by atoms with Crippen molar-refractivity contribution in [2.24, 2.45) is 0 Å². The molecular formula is C13H15N3O3S. The molecule has 0 aliphatic heterocycles. The molecule has 1 aromatic heterocycles. The Morgan fingerprint density at radius 2 is 1.90 bits per heavy atom. The van der Waals surface area contributed by atoms with Crippen LogP contribution in [-0.4, -0.2) is 31.8 Å². The highest BCUT2D eigenvalue weighted by molar-refractivity contribution is 7.90. The lowest BCUT2D eigenvalue weighted by molar-refractivity contribution is 0.396. The summed E-state index contributed by atoms with van der Waals surface area (Å²) in [7, 11) is -1.63. The van der Waals surface area contributed by atoms with Crippen molar-refractivity contribution in [3.8, 4) is 5.88 Å². The molecule has 0 bridgehead atoms. The van der Waals surface area contributed by atoms with Gasteiger partial charge < -0.3 is 10.1 Å². The molecule has 0 saturated heterocycles. The van der Waals surface area contributed by atoms with E-state index in [1.807, 2.05) is 0 Å². The summed E-state index contributed by atoms with van der Waals surface area (Å²) in [5.74, 6) is 1.03. The average Bonchev–Trinajstić information content (AvgIpc) is 2.45. The summed E-state index contributed by atoms with van der Waals surface area (Å²) in [5.41, 5.74) is 0.946. The first-order valence-electron chi connectivity index (χ1n) is 5.88. The molecule has 0 atom stereocenters. The third kappa shape index (κ3) is 3.67. The Balaban J connectivity index is 2.04. The number of methoxy groups -OCH3 is 1. The van der Waals surface area contributed by atoms with Gasteiger partial charge >= 0.3 is 0 Å². The van der Waals surface area contributed by atoms with Crippen LogP contribution in [0.5, 0.6) is 5.88 Å². The first-order chi connectivity index (χ1) is 9.49. The van der Waals surface area contributed by atoms with E-state index in [9.17, 15) is 8.42 Å². The zero-order valence-electron chi connectivity index (χ0n) is 11.2. The first kappa shape index (κ1) is 14.3. The largest absolute Gasteiger partial charge is 0.480 e. The van der Waals surface area contributed by atoms with Crippen LogP contribution >= 0.6 is 0 Å². The summed E-state index contributed by atoms with van der Waals surface area (Å²) in [5, 5.41) is 3.09. The third-order valence-electron chi connectivity index (χ3n) is 2.65. The molecule has 7 heteroatoms. The van der Waals surface area contributed by atoms with Gasteiger partial charge in [0.2, 0.25) is 5.88 Å². The maximum atomic E-state index is 11.3. The number of nitrogens with zero attached hydrogens (tertiary/aromatic N) is 2. The van der Waals surface area contributed by atoms with Crippen LogP contribution in [0.1, 0.15) is 5.56 Å². The van der Waals surface area contributed by atoms with Crippen molar-refractivity contribution in [2.45, 2.75) is 11.4 Å². The topological polar surface area (TPSA) is 81.2 Å². The van der Waals surface area contributed by atoms with Gasteiger partial charge in [-0.3, -0.25) is 4.98 Å². The van der Waals surface area contributed by atoms with Crippen molar-refractivity contribution < 1.29 is 13.2 Å². The Labute approximate surface area is 117 Å². The summed E-state index contributed by atoms with van der Waals surface area (Å²) in [4.78, 5) is 8.46. The maximum Gasteiger partial charge on any atom is 0.233 e. The summed E-state index contributed by atoms with van der Waals surface area (Å²) >= 11 is 0. The predicted octanol–water partition coefficient (Wildman–Crippen LogP) is 1.50. The van der Waals surface area contributed by atoms with Crippen LogP contribution in [0.2, 0.25) is 0 Å². The molecule has 2 rings (SSSR count). The molecule has 0 fully saturated rings. The van der Waals surface area contributed by atoms with E-state index in [0.29, 0.717) is 23.1 Å². The Kier molecular flexibility index (Phi) is 4.19. The van der Waals surface area contributed by atoms with Gasteiger partial charge in [0, 0.05) is 12.8 Å². The lowest BCUT2D eigenvalue weighted by Crippen LogP contribution is -2.03.